The number of carboxylic acids is 1. The van der Waals surface area contributed by atoms with Crippen molar-refractivity contribution in [1.82, 2.24) is 15.5 Å². The van der Waals surface area contributed by atoms with Gasteiger partial charge in [0.25, 0.3) is 0 Å². The van der Waals surface area contributed by atoms with Gasteiger partial charge in [-0.05, 0) is 37.1 Å². The molecule has 2 unspecified atom stereocenters. The molecule has 1 aliphatic heterocycles. The number of nitrogens with zero attached hydrogens (tertiary/aromatic N) is 1. The molecule has 0 spiro atoms. The lowest BCUT2D eigenvalue weighted by Gasteiger charge is -2.28. The maximum atomic E-state index is 13.8. The number of likely N-dealkylation sites (N-methyl/N-ethyl adjacent to an activating group) is 1. The van der Waals surface area contributed by atoms with Gasteiger partial charge in [-0.2, -0.15) is 0 Å². The number of carboxylic acid groups (broad SMARTS) is 1. The van der Waals surface area contributed by atoms with E-state index in [2.05, 4.69) is 15.5 Å². The normalized spacial score (nSPS) is 20.4. The largest absolute Gasteiger partial charge is 0.481 e. The Hall–Kier alpha value is -1.86. The third kappa shape index (κ3) is 5.31. The topological polar surface area (TPSA) is 81.7 Å². The predicted molar refractivity (Wildman–Crippen MR) is 93.2 cm³/mol. The number of urea groups is 1. The molecule has 0 radical (unpaired) electrons. The smallest absolute Gasteiger partial charge is 0.315 e. The van der Waals surface area contributed by atoms with Crippen molar-refractivity contribution in [1.29, 1.82) is 0 Å². The average Bonchev–Trinajstić information content (AvgIpc) is 2.96. The van der Waals surface area contributed by atoms with Crippen LogP contribution >= 0.6 is 11.6 Å². The fourth-order valence-electron chi connectivity index (χ4n) is 3.16. The van der Waals surface area contributed by atoms with Crippen LogP contribution in [0.4, 0.5) is 9.18 Å². The summed E-state index contributed by atoms with van der Waals surface area (Å²) in [6, 6.07) is 4.11. The van der Waals surface area contributed by atoms with Gasteiger partial charge in [-0.1, -0.05) is 24.6 Å². The van der Waals surface area contributed by atoms with E-state index in [1.807, 2.05) is 6.92 Å². The average molecular weight is 372 g/mol. The maximum absolute atomic E-state index is 13.8. The third-order valence-corrected chi connectivity index (χ3v) is 4.67. The highest BCUT2D eigenvalue weighted by Crippen LogP contribution is 2.33. The van der Waals surface area contributed by atoms with Crippen LogP contribution in [0, 0.1) is 5.82 Å². The molecule has 1 saturated heterocycles. The van der Waals surface area contributed by atoms with Crippen LogP contribution in [0.3, 0.4) is 0 Å². The first kappa shape index (κ1) is 19.5. The molecule has 0 aromatic heterocycles. The molecule has 25 heavy (non-hydrogen) atoms. The Kier molecular flexibility index (Phi) is 7.01. The molecule has 1 aromatic carbocycles. The fourth-order valence-corrected chi connectivity index (χ4v) is 3.28. The minimum absolute atomic E-state index is 0.0139. The first-order valence-corrected chi connectivity index (χ1v) is 8.75. The summed E-state index contributed by atoms with van der Waals surface area (Å²) < 4.78 is 13.8. The molecule has 6 nitrogen and oxygen atoms in total. The van der Waals surface area contributed by atoms with Crippen LogP contribution in [0.2, 0.25) is 5.02 Å². The van der Waals surface area contributed by atoms with Gasteiger partial charge in [0.1, 0.15) is 5.82 Å². The predicted octanol–water partition coefficient (Wildman–Crippen LogP) is 2.78. The highest BCUT2D eigenvalue weighted by Gasteiger charge is 2.35. The first-order valence-electron chi connectivity index (χ1n) is 8.37. The van der Waals surface area contributed by atoms with E-state index in [-0.39, 0.29) is 29.6 Å². The van der Waals surface area contributed by atoms with Crippen molar-refractivity contribution in [3.8, 4) is 0 Å². The third-order valence-electron chi connectivity index (χ3n) is 4.36. The number of aliphatic carboxylic acids is 1. The minimum Gasteiger partial charge on any atom is -0.481 e. The number of carbonyl (C=O) groups is 2. The Morgan fingerprint density at radius 1 is 1.44 bits per heavy atom. The van der Waals surface area contributed by atoms with Gasteiger partial charge in [0.15, 0.2) is 0 Å². The Labute approximate surface area is 151 Å². The number of hydrogen-bond acceptors (Lipinski definition) is 3. The lowest BCUT2D eigenvalue weighted by Crippen LogP contribution is -2.45. The van der Waals surface area contributed by atoms with Crippen molar-refractivity contribution in [3.05, 3.63) is 34.6 Å². The van der Waals surface area contributed by atoms with Crippen molar-refractivity contribution in [2.24, 2.45) is 0 Å². The molecule has 0 bridgehead atoms. The van der Waals surface area contributed by atoms with Crippen LogP contribution in [0.25, 0.3) is 0 Å². The number of nitrogens with one attached hydrogen (secondary N) is 2. The SMILES string of the molecule is CCN1CCC(NC(=O)NCCCC(=O)O)C1c1ccc(Cl)c(F)c1. The molecular formula is C17H23ClFN3O3. The van der Waals surface area contributed by atoms with Crippen molar-refractivity contribution >= 4 is 23.6 Å². The first-order chi connectivity index (χ1) is 11.9. The zero-order valence-electron chi connectivity index (χ0n) is 14.1. The Bertz CT molecular complexity index is 629. The Morgan fingerprint density at radius 2 is 2.20 bits per heavy atom. The number of likely N-dealkylation sites (tertiary alicyclic amines) is 1. The zero-order chi connectivity index (χ0) is 18.4. The molecule has 3 N–H and O–H groups in total. The molecule has 0 aliphatic carbocycles. The van der Waals surface area contributed by atoms with Gasteiger partial charge in [-0.15, -0.1) is 0 Å². The maximum Gasteiger partial charge on any atom is 0.315 e. The molecule has 2 amide bonds. The molecule has 2 rings (SSSR count). The van der Waals surface area contributed by atoms with Gasteiger partial charge in [0.05, 0.1) is 17.1 Å². The molecule has 2 atom stereocenters. The van der Waals surface area contributed by atoms with E-state index in [1.165, 1.54) is 12.1 Å². The summed E-state index contributed by atoms with van der Waals surface area (Å²) in [6.07, 6.45) is 1.14. The van der Waals surface area contributed by atoms with E-state index >= 15 is 0 Å². The summed E-state index contributed by atoms with van der Waals surface area (Å²) in [5.41, 5.74) is 0.775. The molecule has 1 aliphatic rings. The van der Waals surface area contributed by atoms with Crippen molar-refractivity contribution < 1.29 is 19.1 Å². The van der Waals surface area contributed by atoms with Crippen molar-refractivity contribution in [2.75, 3.05) is 19.6 Å². The number of benzene rings is 1. The molecule has 1 fully saturated rings. The van der Waals surface area contributed by atoms with E-state index in [9.17, 15) is 14.0 Å². The molecule has 0 saturated carbocycles. The summed E-state index contributed by atoms with van der Waals surface area (Å²) in [6.45, 7) is 3.90. The highest BCUT2D eigenvalue weighted by molar-refractivity contribution is 6.30. The zero-order valence-corrected chi connectivity index (χ0v) is 14.9. The van der Waals surface area contributed by atoms with Gasteiger partial charge in [0.2, 0.25) is 0 Å². The Balaban J connectivity index is 1.99. The summed E-state index contributed by atoms with van der Waals surface area (Å²) in [7, 11) is 0. The molecular weight excluding hydrogens is 349 g/mol. The minimum atomic E-state index is -0.888. The van der Waals surface area contributed by atoms with Gasteiger partial charge in [0, 0.05) is 19.5 Å². The molecule has 1 aromatic rings. The van der Waals surface area contributed by atoms with Crippen molar-refractivity contribution in [3.63, 3.8) is 0 Å². The number of amides is 2. The van der Waals surface area contributed by atoms with E-state index in [1.54, 1.807) is 6.07 Å². The summed E-state index contributed by atoms with van der Waals surface area (Å²) in [5.74, 6) is -1.36. The van der Waals surface area contributed by atoms with Crippen LogP contribution in [-0.2, 0) is 4.79 Å². The molecule has 1 heterocycles. The quantitative estimate of drug-likeness (QED) is 0.644. The van der Waals surface area contributed by atoms with E-state index in [0.29, 0.717) is 13.0 Å². The van der Waals surface area contributed by atoms with Crippen LogP contribution < -0.4 is 10.6 Å². The highest BCUT2D eigenvalue weighted by atomic mass is 35.5. The molecule has 138 valence electrons. The van der Waals surface area contributed by atoms with E-state index in [0.717, 1.165) is 25.1 Å². The van der Waals surface area contributed by atoms with E-state index < -0.39 is 11.8 Å². The second-order valence-electron chi connectivity index (χ2n) is 6.04. The monoisotopic (exact) mass is 371 g/mol. The van der Waals surface area contributed by atoms with Crippen molar-refractivity contribution in [2.45, 2.75) is 38.3 Å². The second kappa shape index (κ2) is 9.01. The van der Waals surface area contributed by atoms with Gasteiger partial charge >= 0.3 is 12.0 Å². The van der Waals surface area contributed by atoms with Crippen LogP contribution in [0.5, 0.6) is 0 Å². The van der Waals surface area contributed by atoms with Crippen LogP contribution in [0.15, 0.2) is 18.2 Å². The number of rotatable bonds is 7. The molecule has 8 heteroatoms. The van der Waals surface area contributed by atoms with Crippen LogP contribution in [-0.4, -0.2) is 47.7 Å². The van der Waals surface area contributed by atoms with Crippen LogP contribution in [0.1, 0.15) is 37.8 Å². The number of carbonyl (C=O) groups excluding carboxylic acids is 1. The number of halogens is 2. The Morgan fingerprint density at radius 3 is 2.84 bits per heavy atom. The lowest BCUT2D eigenvalue weighted by molar-refractivity contribution is -0.137. The summed E-state index contributed by atoms with van der Waals surface area (Å²) >= 11 is 5.76. The van der Waals surface area contributed by atoms with E-state index in [4.69, 9.17) is 16.7 Å². The summed E-state index contributed by atoms with van der Waals surface area (Å²) in [5, 5.41) is 14.3. The van der Waals surface area contributed by atoms with Gasteiger partial charge in [-0.25, -0.2) is 9.18 Å². The van der Waals surface area contributed by atoms with Gasteiger partial charge < -0.3 is 15.7 Å². The summed E-state index contributed by atoms with van der Waals surface area (Å²) in [4.78, 5) is 24.7. The lowest BCUT2D eigenvalue weighted by atomic mass is 10.00. The fraction of sp³-hybridized carbons (Fsp3) is 0.529. The standard InChI is InChI=1S/C17H23ClFN3O3/c1-2-22-9-7-14(21-17(25)20-8-3-4-15(23)24)16(22)11-5-6-12(18)13(19)10-11/h5-6,10,14,16H,2-4,7-9H2,1H3,(H,23,24)(H2,20,21,25). The number of hydrogen-bond donors (Lipinski definition) is 3. The van der Waals surface area contributed by atoms with Gasteiger partial charge in [-0.3, -0.25) is 9.69 Å². The second-order valence-corrected chi connectivity index (χ2v) is 6.45.